The minimum absolute atomic E-state index is 0.505. The number of nitrogens with two attached hydrogens (primary N) is 1. The van der Waals surface area contributed by atoms with Crippen LogP contribution in [0.4, 0.5) is 11.5 Å². The summed E-state index contributed by atoms with van der Waals surface area (Å²) in [5.74, 6) is 0.873. The van der Waals surface area contributed by atoms with Gasteiger partial charge in [0, 0.05) is 24.0 Å². The maximum atomic E-state index is 9.14. The number of nitrogens with zero attached hydrogens (tertiary/aromatic N) is 3. The van der Waals surface area contributed by atoms with Crippen molar-refractivity contribution in [2.45, 2.75) is 32.4 Å². The molecule has 2 aromatic rings. The number of rotatable bonds is 4. The summed E-state index contributed by atoms with van der Waals surface area (Å²) in [6, 6.07) is 14.3. The molecule has 0 aliphatic heterocycles. The van der Waals surface area contributed by atoms with Crippen molar-refractivity contribution in [2.75, 3.05) is 10.6 Å². The number of para-hydroxylation sites is 1. The molecule has 1 aromatic carbocycles. The predicted octanol–water partition coefficient (Wildman–Crippen LogP) is 3.01. The van der Waals surface area contributed by atoms with Crippen LogP contribution in [0.2, 0.25) is 0 Å². The fraction of sp³-hybridized carbons (Fsp3) is 0.294. The van der Waals surface area contributed by atoms with Crippen LogP contribution in [0, 0.1) is 18.3 Å². The van der Waals surface area contributed by atoms with Gasteiger partial charge in [0.25, 0.3) is 0 Å². The second kappa shape index (κ2) is 5.45. The van der Waals surface area contributed by atoms with E-state index in [4.69, 9.17) is 11.0 Å². The van der Waals surface area contributed by atoms with Crippen LogP contribution in [0.3, 0.4) is 0 Å². The van der Waals surface area contributed by atoms with Crippen molar-refractivity contribution in [3.8, 4) is 6.07 Å². The summed E-state index contributed by atoms with van der Waals surface area (Å²) in [7, 11) is 0. The molecular formula is C17H18N4. The third-order valence-electron chi connectivity index (χ3n) is 3.75. The molecule has 0 spiro atoms. The average molecular weight is 278 g/mol. The second-order valence-corrected chi connectivity index (χ2v) is 5.53. The van der Waals surface area contributed by atoms with Gasteiger partial charge in [-0.1, -0.05) is 18.2 Å². The summed E-state index contributed by atoms with van der Waals surface area (Å²) in [5, 5.41) is 9.14. The Morgan fingerprint density at radius 1 is 1.33 bits per heavy atom. The molecule has 1 aliphatic rings. The molecule has 106 valence electrons. The van der Waals surface area contributed by atoms with Crippen molar-refractivity contribution >= 4 is 11.5 Å². The fourth-order valence-corrected chi connectivity index (χ4v) is 2.51. The van der Waals surface area contributed by atoms with Crippen LogP contribution >= 0.6 is 0 Å². The molecule has 1 aliphatic carbocycles. The topological polar surface area (TPSA) is 65.9 Å². The summed E-state index contributed by atoms with van der Waals surface area (Å²) in [6.07, 6.45) is 2.34. The van der Waals surface area contributed by atoms with Crippen LogP contribution in [0.5, 0.6) is 0 Å². The summed E-state index contributed by atoms with van der Waals surface area (Å²) < 4.78 is 0. The van der Waals surface area contributed by atoms with Gasteiger partial charge in [-0.3, -0.25) is 0 Å². The van der Waals surface area contributed by atoms with Gasteiger partial charge in [0.15, 0.2) is 0 Å². The van der Waals surface area contributed by atoms with E-state index in [0.717, 1.165) is 29.3 Å². The first kappa shape index (κ1) is 13.4. The molecule has 0 unspecified atom stereocenters. The Hall–Kier alpha value is -2.54. The Bertz CT molecular complexity index is 698. The SMILES string of the molecule is Cc1cc(C#N)cc(N(Cc2ccccc2N)C2CC2)n1. The number of anilines is 2. The van der Waals surface area contributed by atoms with Gasteiger partial charge in [0.05, 0.1) is 11.6 Å². The summed E-state index contributed by atoms with van der Waals surface area (Å²) in [6.45, 7) is 2.66. The minimum atomic E-state index is 0.505. The molecule has 4 nitrogen and oxygen atoms in total. The van der Waals surface area contributed by atoms with E-state index in [1.54, 1.807) is 0 Å². The Labute approximate surface area is 124 Å². The molecule has 4 heteroatoms. The Morgan fingerprint density at radius 2 is 2.10 bits per heavy atom. The lowest BCUT2D eigenvalue weighted by atomic mass is 10.1. The molecular weight excluding hydrogens is 260 g/mol. The van der Waals surface area contributed by atoms with Gasteiger partial charge in [-0.2, -0.15) is 5.26 Å². The maximum absolute atomic E-state index is 9.14. The van der Waals surface area contributed by atoms with Gasteiger partial charge in [0.2, 0.25) is 0 Å². The maximum Gasteiger partial charge on any atom is 0.130 e. The van der Waals surface area contributed by atoms with Crippen LogP contribution in [0.15, 0.2) is 36.4 Å². The Kier molecular flexibility index (Phi) is 3.49. The van der Waals surface area contributed by atoms with Crippen LogP contribution in [-0.2, 0) is 6.54 Å². The van der Waals surface area contributed by atoms with E-state index in [-0.39, 0.29) is 0 Å². The quantitative estimate of drug-likeness (QED) is 0.873. The summed E-state index contributed by atoms with van der Waals surface area (Å²) in [4.78, 5) is 6.87. The zero-order valence-electron chi connectivity index (χ0n) is 12.1. The van der Waals surface area contributed by atoms with Gasteiger partial charge in [-0.15, -0.1) is 0 Å². The van der Waals surface area contributed by atoms with E-state index < -0.39 is 0 Å². The van der Waals surface area contributed by atoms with Gasteiger partial charge in [0.1, 0.15) is 5.82 Å². The number of nitrogen functional groups attached to an aromatic ring is 1. The Morgan fingerprint density at radius 3 is 2.76 bits per heavy atom. The molecule has 0 radical (unpaired) electrons. The number of aromatic nitrogens is 1. The highest BCUT2D eigenvalue weighted by atomic mass is 15.2. The average Bonchev–Trinajstić information content (AvgIpc) is 3.30. The highest BCUT2D eigenvalue weighted by Crippen LogP contribution is 2.33. The number of hydrogen-bond donors (Lipinski definition) is 1. The Balaban J connectivity index is 1.94. The monoisotopic (exact) mass is 278 g/mol. The highest BCUT2D eigenvalue weighted by molar-refractivity contribution is 5.53. The first-order valence-corrected chi connectivity index (χ1v) is 7.16. The normalized spacial score (nSPS) is 13.7. The minimum Gasteiger partial charge on any atom is -0.398 e. The van der Waals surface area contributed by atoms with Crippen molar-refractivity contribution in [1.82, 2.24) is 4.98 Å². The lowest BCUT2D eigenvalue weighted by Gasteiger charge is -2.25. The molecule has 0 bridgehead atoms. The van der Waals surface area contributed by atoms with Crippen molar-refractivity contribution in [2.24, 2.45) is 0 Å². The van der Waals surface area contributed by atoms with Crippen molar-refractivity contribution in [3.63, 3.8) is 0 Å². The molecule has 1 aromatic heterocycles. The molecule has 0 atom stereocenters. The van der Waals surface area contributed by atoms with Crippen LogP contribution in [0.1, 0.15) is 29.7 Å². The van der Waals surface area contributed by atoms with E-state index in [1.165, 1.54) is 12.8 Å². The first-order valence-electron chi connectivity index (χ1n) is 7.16. The molecule has 1 saturated carbocycles. The molecule has 1 fully saturated rings. The standard InChI is InChI=1S/C17H18N4/c1-12-8-13(10-18)9-17(20-12)21(15-6-7-15)11-14-4-2-3-5-16(14)19/h2-5,8-9,15H,6-7,11,19H2,1H3. The zero-order valence-corrected chi connectivity index (χ0v) is 12.1. The third-order valence-corrected chi connectivity index (χ3v) is 3.75. The largest absolute Gasteiger partial charge is 0.398 e. The molecule has 21 heavy (non-hydrogen) atoms. The first-order chi connectivity index (χ1) is 10.2. The smallest absolute Gasteiger partial charge is 0.130 e. The fourth-order valence-electron chi connectivity index (χ4n) is 2.51. The number of aryl methyl sites for hydroxylation is 1. The van der Waals surface area contributed by atoms with Crippen molar-refractivity contribution < 1.29 is 0 Å². The van der Waals surface area contributed by atoms with E-state index >= 15 is 0 Å². The van der Waals surface area contributed by atoms with E-state index in [9.17, 15) is 0 Å². The van der Waals surface area contributed by atoms with Gasteiger partial charge in [-0.05, 0) is 43.5 Å². The molecule has 2 N–H and O–H groups in total. The summed E-state index contributed by atoms with van der Waals surface area (Å²) >= 11 is 0. The van der Waals surface area contributed by atoms with E-state index in [0.29, 0.717) is 11.6 Å². The predicted molar refractivity (Wildman–Crippen MR) is 83.7 cm³/mol. The molecule has 0 amide bonds. The van der Waals surface area contributed by atoms with Gasteiger partial charge >= 0.3 is 0 Å². The lowest BCUT2D eigenvalue weighted by Crippen LogP contribution is -2.26. The zero-order chi connectivity index (χ0) is 14.8. The lowest BCUT2D eigenvalue weighted by molar-refractivity contribution is 0.777. The van der Waals surface area contributed by atoms with E-state index in [2.05, 4.69) is 16.0 Å². The van der Waals surface area contributed by atoms with Gasteiger partial charge < -0.3 is 10.6 Å². The van der Waals surface area contributed by atoms with Crippen molar-refractivity contribution in [3.05, 3.63) is 53.2 Å². The second-order valence-electron chi connectivity index (χ2n) is 5.53. The van der Waals surface area contributed by atoms with Crippen LogP contribution < -0.4 is 10.6 Å². The number of pyridine rings is 1. The third kappa shape index (κ3) is 2.97. The summed E-state index contributed by atoms with van der Waals surface area (Å²) in [5.41, 5.74) is 9.49. The highest BCUT2D eigenvalue weighted by Gasteiger charge is 2.30. The van der Waals surface area contributed by atoms with Crippen LogP contribution in [-0.4, -0.2) is 11.0 Å². The van der Waals surface area contributed by atoms with Crippen molar-refractivity contribution in [1.29, 1.82) is 5.26 Å². The number of hydrogen-bond acceptors (Lipinski definition) is 4. The molecule has 0 saturated heterocycles. The van der Waals surface area contributed by atoms with Crippen LogP contribution in [0.25, 0.3) is 0 Å². The van der Waals surface area contributed by atoms with E-state index in [1.807, 2.05) is 43.3 Å². The number of nitriles is 1. The number of benzene rings is 1. The molecule has 1 heterocycles. The molecule has 3 rings (SSSR count). The van der Waals surface area contributed by atoms with Gasteiger partial charge in [-0.25, -0.2) is 4.98 Å².